The monoisotopic (exact) mass is 465 g/mol. The van der Waals surface area contributed by atoms with Gasteiger partial charge in [0.2, 0.25) is 15.9 Å². The summed E-state index contributed by atoms with van der Waals surface area (Å²) in [5, 5.41) is 3.63. The SMILES string of the molecule is Cc1cccc(CS(=O)(=O)NCC(=O)Nc2ccc(-c3nc4ccc(C)cc4s3)cc2)c1. The van der Waals surface area contributed by atoms with E-state index in [1.54, 1.807) is 29.5 Å². The van der Waals surface area contributed by atoms with Crippen molar-refractivity contribution in [2.75, 3.05) is 11.9 Å². The van der Waals surface area contributed by atoms with E-state index in [-0.39, 0.29) is 12.3 Å². The van der Waals surface area contributed by atoms with Gasteiger partial charge in [0.05, 0.1) is 22.5 Å². The molecule has 1 amide bonds. The van der Waals surface area contributed by atoms with Gasteiger partial charge in [0, 0.05) is 11.3 Å². The van der Waals surface area contributed by atoms with Gasteiger partial charge in [-0.1, -0.05) is 35.9 Å². The van der Waals surface area contributed by atoms with Crippen LogP contribution in [0.5, 0.6) is 0 Å². The third-order valence-electron chi connectivity index (χ3n) is 4.85. The average molecular weight is 466 g/mol. The van der Waals surface area contributed by atoms with Crippen LogP contribution in [0, 0.1) is 13.8 Å². The number of hydrogen-bond donors (Lipinski definition) is 2. The summed E-state index contributed by atoms with van der Waals surface area (Å²) in [4.78, 5) is 16.9. The Balaban J connectivity index is 1.35. The summed E-state index contributed by atoms with van der Waals surface area (Å²) in [6.45, 7) is 3.63. The Hall–Kier alpha value is -3.07. The van der Waals surface area contributed by atoms with Crippen LogP contribution >= 0.6 is 11.3 Å². The minimum Gasteiger partial charge on any atom is -0.325 e. The van der Waals surface area contributed by atoms with Crippen molar-refractivity contribution in [1.29, 1.82) is 0 Å². The number of nitrogens with zero attached hydrogens (tertiary/aromatic N) is 1. The highest BCUT2D eigenvalue weighted by molar-refractivity contribution is 7.88. The molecule has 6 nitrogen and oxygen atoms in total. The number of rotatable bonds is 7. The number of aromatic nitrogens is 1. The van der Waals surface area contributed by atoms with E-state index >= 15 is 0 Å². The summed E-state index contributed by atoms with van der Waals surface area (Å²) in [5.74, 6) is -0.598. The van der Waals surface area contributed by atoms with E-state index < -0.39 is 15.9 Å². The molecule has 1 aromatic heterocycles. The summed E-state index contributed by atoms with van der Waals surface area (Å²) in [6, 6.07) is 20.8. The van der Waals surface area contributed by atoms with Crippen molar-refractivity contribution in [3.8, 4) is 10.6 Å². The lowest BCUT2D eigenvalue weighted by molar-refractivity contribution is -0.115. The Morgan fingerprint density at radius 1 is 0.969 bits per heavy atom. The molecule has 0 radical (unpaired) electrons. The molecule has 0 fully saturated rings. The Labute approximate surface area is 191 Å². The Morgan fingerprint density at radius 2 is 1.72 bits per heavy atom. The van der Waals surface area contributed by atoms with Crippen LogP contribution in [0.4, 0.5) is 5.69 Å². The normalized spacial score (nSPS) is 11.6. The zero-order chi connectivity index (χ0) is 22.7. The zero-order valence-electron chi connectivity index (χ0n) is 17.8. The van der Waals surface area contributed by atoms with Crippen LogP contribution in [0.25, 0.3) is 20.8 Å². The van der Waals surface area contributed by atoms with Crippen molar-refractivity contribution < 1.29 is 13.2 Å². The molecule has 8 heteroatoms. The van der Waals surface area contributed by atoms with E-state index in [2.05, 4.69) is 28.0 Å². The number of anilines is 1. The maximum atomic E-state index is 12.3. The molecule has 3 aromatic carbocycles. The van der Waals surface area contributed by atoms with Crippen LogP contribution in [0.3, 0.4) is 0 Å². The first-order valence-electron chi connectivity index (χ1n) is 10.1. The summed E-state index contributed by atoms with van der Waals surface area (Å²) in [6.07, 6.45) is 0. The predicted octanol–water partition coefficient (Wildman–Crippen LogP) is 4.64. The van der Waals surface area contributed by atoms with Gasteiger partial charge in [-0.25, -0.2) is 18.1 Å². The van der Waals surface area contributed by atoms with Gasteiger partial charge in [0.15, 0.2) is 0 Å². The molecular weight excluding hydrogens is 442 g/mol. The first-order chi connectivity index (χ1) is 15.3. The number of fused-ring (bicyclic) bond motifs is 1. The van der Waals surface area contributed by atoms with Gasteiger partial charge in [-0.15, -0.1) is 11.3 Å². The van der Waals surface area contributed by atoms with Gasteiger partial charge in [0.1, 0.15) is 5.01 Å². The molecule has 0 unspecified atom stereocenters. The van der Waals surface area contributed by atoms with E-state index in [9.17, 15) is 13.2 Å². The highest BCUT2D eigenvalue weighted by atomic mass is 32.2. The molecule has 32 heavy (non-hydrogen) atoms. The first-order valence-corrected chi connectivity index (χ1v) is 12.5. The van der Waals surface area contributed by atoms with E-state index in [1.165, 1.54) is 5.56 Å². The quantitative estimate of drug-likeness (QED) is 0.416. The lowest BCUT2D eigenvalue weighted by atomic mass is 10.2. The minimum absolute atomic E-state index is 0.168. The molecule has 0 atom stereocenters. The number of carbonyl (C=O) groups is 1. The molecule has 164 valence electrons. The second-order valence-electron chi connectivity index (χ2n) is 7.68. The van der Waals surface area contributed by atoms with E-state index in [1.807, 2.05) is 49.4 Å². The molecule has 4 rings (SSSR count). The molecule has 0 aliphatic rings. The van der Waals surface area contributed by atoms with Crippen molar-refractivity contribution in [3.05, 3.63) is 83.4 Å². The number of thiazole rings is 1. The fourth-order valence-corrected chi connectivity index (χ4v) is 5.45. The Bertz CT molecular complexity index is 1380. The molecule has 0 aliphatic carbocycles. The van der Waals surface area contributed by atoms with Crippen molar-refractivity contribution in [2.45, 2.75) is 19.6 Å². The lowest BCUT2D eigenvalue weighted by Crippen LogP contribution is -2.33. The number of amides is 1. The molecule has 0 bridgehead atoms. The molecule has 1 heterocycles. The van der Waals surface area contributed by atoms with E-state index in [4.69, 9.17) is 0 Å². The minimum atomic E-state index is -3.62. The average Bonchev–Trinajstić information content (AvgIpc) is 3.16. The van der Waals surface area contributed by atoms with Gasteiger partial charge in [-0.2, -0.15) is 0 Å². The van der Waals surface area contributed by atoms with Crippen LogP contribution < -0.4 is 10.0 Å². The predicted molar refractivity (Wildman–Crippen MR) is 130 cm³/mol. The maximum Gasteiger partial charge on any atom is 0.239 e. The van der Waals surface area contributed by atoms with Crippen LogP contribution in [-0.2, 0) is 20.6 Å². The van der Waals surface area contributed by atoms with Crippen LogP contribution in [0.15, 0.2) is 66.7 Å². The van der Waals surface area contributed by atoms with Gasteiger partial charge in [0.25, 0.3) is 0 Å². The first kappa shape index (κ1) is 22.1. The number of benzene rings is 3. The summed E-state index contributed by atoms with van der Waals surface area (Å²) < 4.78 is 28.0. The maximum absolute atomic E-state index is 12.3. The van der Waals surface area contributed by atoms with Crippen molar-refractivity contribution in [2.24, 2.45) is 0 Å². The molecule has 4 aromatic rings. The fraction of sp³-hybridized carbons (Fsp3) is 0.167. The summed E-state index contributed by atoms with van der Waals surface area (Å²) in [5.41, 5.74) is 5.37. The smallest absolute Gasteiger partial charge is 0.239 e. The van der Waals surface area contributed by atoms with Crippen molar-refractivity contribution in [3.63, 3.8) is 0 Å². The number of aryl methyl sites for hydroxylation is 2. The van der Waals surface area contributed by atoms with E-state index in [0.29, 0.717) is 11.3 Å². The molecule has 0 saturated heterocycles. The standard InChI is InChI=1S/C24H23N3O3S2/c1-16-4-3-5-18(12-16)15-32(29,30)25-14-23(28)26-20-9-7-19(8-10-20)24-27-21-11-6-17(2)13-22(21)31-24/h3-13,25H,14-15H2,1-2H3,(H,26,28). The lowest BCUT2D eigenvalue weighted by Gasteiger charge is -2.09. The molecule has 0 aliphatic heterocycles. The number of sulfonamides is 1. The highest BCUT2D eigenvalue weighted by Crippen LogP contribution is 2.31. The van der Waals surface area contributed by atoms with Gasteiger partial charge in [-0.05, 0) is 61.4 Å². The van der Waals surface area contributed by atoms with Gasteiger partial charge < -0.3 is 5.32 Å². The Kier molecular flexibility index (Phi) is 6.36. The second kappa shape index (κ2) is 9.20. The van der Waals surface area contributed by atoms with Crippen molar-refractivity contribution >= 4 is 43.2 Å². The topological polar surface area (TPSA) is 88.2 Å². The number of carbonyl (C=O) groups excluding carboxylic acids is 1. The number of hydrogen-bond acceptors (Lipinski definition) is 5. The molecule has 0 spiro atoms. The molecular formula is C24H23N3O3S2. The number of nitrogens with one attached hydrogen (secondary N) is 2. The van der Waals surface area contributed by atoms with Crippen molar-refractivity contribution in [1.82, 2.24) is 9.71 Å². The third-order valence-corrected chi connectivity index (χ3v) is 7.22. The van der Waals surface area contributed by atoms with E-state index in [0.717, 1.165) is 26.4 Å². The van der Waals surface area contributed by atoms with Crippen LogP contribution in [0.2, 0.25) is 0 Å². The van der Waals surface area contributed by atoms with Crippen LogP contribution in [0.1, 0.15) is 16.7 Å². The summed E-state index contributed by atoms with van der Waals surface area (Å²) >= 11 is 1.62. The fourth-order valence-electron chi connectivity index (χ4n) is 3.30. The molecule has 2 N–H and O–H groups in total. The van der Waals surface area contributed by atoms with Gasteiger partial charge >= 0.3 is 0 Å². The highest BCUT2D eigenvalue weighted by Gasteiger charge is 2.14. The van der Waals surface area contributed by atoms with Crippen LogP contribution in [-0.4, -0.2) is 25.9 Å². The zero-order valence-corrected chi connectivity index (χ0v) is 19.4. The second-order valence-corrected chi connectivity index (χ2v) is 10.5. The van der Waals surface area contributed by atoms with Gasteiger partial charge in [-0.3, -0.25) is 4.79 Å². The largest absolute Gasteiger partial charge is 0.325 e. The summed E-state index contributed by atoms with van der Waals surface area (Å²) in [7, 11) is -3.62. The Morgan fingerprint density at radius 3 is 2.47 bits per heavy atom. The third kappa shape index (κ3) is 5.59. The molecule has 0 saturated carbocycles.